The van der Waals surface area contributed by atoms with Crippen molar-refractivity contribution in [2.45, 2.75) is 32.4 Å². The SMILES string of the molecule is Cc1ccc(N2C(=O)C3Cc4c([nH]c5ccccc45)C(C)N3C2=O)cc1. The molecule has 5 rings (SSSR count). The van der Waals surface area contributed by atoms with Crippen molar-refractivity contribution in [3.8, 4) is 0 Å². The summed E-state index contributed by atoms with van der Waals surface area (Å²) in [6.45, 7) is 3.98. The maximum absolute atomic E-state index is 13.1. The van der Waals surface area contributed by atoms with E-state index in [4.69, 9.17) is 0 Å². The number of aromatic amines is 1. The number of amides is 3. The van der Waals surface area contributed by atoms with Crippen LogP contribution in [0.5, 0.6) is 0 Å². The van der Waals surface area contributed by atoms with Crippen LogP contribution in [-0.2, 0) is 11.2 Å². The Balaban J connectivity index is 1.60. The van der Waals surface area contributed by atoms with E-state index in [9.17, 15) is 9.59 Å². The van der Waals surface area contributed by atoms with Crippen LogP contribution in [0.1, 0.15) is 29.8 Å². The average Bonchev–Trinajstić information content (AvgIpc) is 3.13. The third-order valence-corrected chi connectivity index (χ3v) is 5.62. The summed E-state index contributed by atoms with van der Waals surface area (Å²) in [6.07, 6.45) is 0.552. The molecule has 0 aliphatic carbocycles. The Morgan fingerprint density at radius 2 is 1.77 bits per heavy atom. The van der Waals surface area contributed by atoms with E-state index in [0.29, 0.717) is 12.1 Å². The number of anilines is 1. The van der Waals surface area contributed by atoms with Crippen LogP contribution in [0.3, 0.4) is 0 Å². The summed E-state index contributed by atoms with van der Waals surface area (Å²) >= 11 is 0. The number of benzene rings is 2. The van der Waals surface area contributed by atoms with Crippen molar-refractivity contribution in [2.75, 3.05) is 4.90 Å². The number of fused-ring (bicyclic) bond motifs is 4. The largest absolute Gasteiger partial charge is 0.356 e. The molecule has 1 N–H and O–H groups in total. The van der Waals surface area contributed by atoms with Gasteiger partial charge in [0.2, 0.25) is 0 Å². The van der Waals surface area contributed by atoms with Crippen molar-refractivity contribution in [3.05, 3.63) is 65.4 Å². The van der Waals surface area contributed by atoms with Gasteiger partial charge in [0.05, 0.1) is 11.7 Å². The van der Waals surface area contributed by atoms with E-state index in [1.165, 1.54) is 4.90 Å². The number of rotatable bonds is 1. The van der Waals surface area contributed by atoms with Crippen molar-refractivity contribution in [1.29, 1.82) is 0 Å². The predicted molar refractivity (Wildman–Crippen MR) is 100 cm³/mol. The summed E-state index contributed by atoms with van der Waals surface area (Å²) < 4.78 is 0. The zero-order valence-electron chi connectivity index (χ0n) is 14.7. The number of urea groups is 1. The third kappa shape index (κ3) is 1.91. The number of imide groups is 1. The highest BCUT2D eigenvalue weighted by Crippen LogP contribution is 2.41. The van der Waals surface area contributed by atoms with Crippen LogP contribution in [0, 0.1) is 6.92 Å². The number of nitrogens with zero attached hydrogens (tertiary/aromatic N) is 2. The Morgan fingerprint density at radius 3 is 2.54 bits per heavy atom. The van der Waals surface area contributed by atoms with Gasteiger partial charge in [-0.25, -0.2) is 9.69 Å². The first kappa shape index (κ1) is 15.2. The van der Waals surface area contributed by atoms with Crippen LogP contribution < -0.4 is 4.90 Å². The molecule has 0 saturated carbocycles. The summed E-state index contributed by atoms with van der Waals surface area (Å²) in [7, 11) is 0. The maximum Gasteiger partial charge on any atom is 0.332 e. The van der Waals surface area contributed by atoms with Gasteiger partial charge in [0.25, 0.3) is 5.91 Å². The second-order valence-electron chi connectivity index (χ2n) is 7.16. The van der Waals surface area contributed by atoms with Gasteiger partial charge in [-0.2, -0.15) is 0 Å². The Kier molecular flexibility index (Phi) is 3.04. The Hall–Kier alpha value is -3.08. The van der Waals surface area contributed by atoms with Crippen molar-refractivity contribution >= 4 is 28.5 Å². The molecule has 0 spiro atoms. The highest BCUT2D eigenvalue weighted by Gasteiger charge is 2.51. The number of hydrogen-bond acceptors (Lipinski definition) is 2. The van der Waals surface area contributed by atoms with Gasteiger partial charge in [-0.3, -0.25) is 4.79 Å². The Morgan fingerprint density at radius 1 is 1.04 bits per heavy atom. The van der Waals surface area contributed by atoms with Crippen LogP contribution in [0.15, 0.2) is 48.5 Å². The lowest BCUT2D eigenvalue weighted by Gasteiger charge is -2.33. The molecule has 5 heteroatoms. The predicted octanol–water partition coefficient (Wildman–Crippen LogP) is 3.93. The second kappa shape index (κ2) is 5.21. The summed E-state index contributed by atoms with van der Waals surface area (Å²) in [5.41, 5.74) is 4.98. The van der Waals surface area contributed by atoms with Crippen LogP contribution >= 0.6 is 0 Å². The highest BCUT2D eigenvalue weighted by molar-refractivity contribution is 6.21. The molecule has 3 aromatic rings. The zero-order valence-corrected chi connectivity index (χ0v) is 14.7. The molecule has 2 aliphatic rings. The molecule has 2 aliphatic heterocycles. The summed E-state index contributed by atoms with van der Waals surface area (Å²) in [6, 6.07) is 14.8. The van der Waals surface area contributed by atoms with Gasteiger partial charge >= 0.3 is 6.03 Å². The number of hydrogen-bond donors (Lipinski definition) is 1. The minimum Gasteiger partial charge on any atom is -0.356 e. The molecule has 1 saturated heterocycles. The maximum atomic E-state index is 13.1. The van der Waals surface area contributed by atoms with Crippen molar-refractivity contribution in [3.63, 3.8) is 0 Å². The van der Waals surface area contributed by atoms with E-state index in [0.717, 1.165) is 27.7 Å². The number of carbonyl (C=O) groups is 2. The van der Waals surface area contributed by atoms with E-state index < -0.39 is 6.04 Å². The molecule has 2 unspecified atom stereocenters. The molecule has 130 valence electrons. The molecule has 0 radical (unpaired) electrons. The molecular formula is C21H19N3O2. The minimum absolute atomic E-state index is 0.137. The molecule has 5 nitrogen and oxygen atoms in total. The summed E-state index contributed by atoms with van der Waals surface area (Å²) in [5.74, 6) is -0.137. The highest BCUT2D eigenvalue weighted by atomic mass is 16.2. The van der Waals surface area contributed by atoms with Crippen LogP contribution in [0.2, 0.25) is 0 Å². The lowest BCUT2D eigenvalue weighted by molar-refractivity contribution is -0.120. The van der Waals surface area contributed by atoms with E-state index >= 15 is 0 Å². The number of aryl methyl sites for hydroxylation is 1. The molecule has 1 fully saturated rings. The van der Waals surface area contributed by atoms with Gasteiger partial charge in [0.15, 0.2) is 0 Å². The first-order valence-corrected chi connectivity index (χ1v) is 8.88. The lowest BCUT2D eigenvalue weighted by Crippen LogP contribution is -2.42. The van der Waals surface area contributed by atoms with Crippen molar-refractivity contribution in [1.82, 2.24) is 9.88 Å². The van der Waals surface area contributed by atoms with Crippen LogP contribution in [-0.4, -0.2) is 27.9 Å². The number of H-pyrrole nitrogens is 1. The van der Waals surface area contributed by atoms with Crippen molar-refractivity contribution in [2.24, 2.45) is 0 Å². The Bertz CT molecular complexity index is 1050. The minimum atomic E-state index is -0.439. The van der Waals surface area contributed by atoms with E-state index in [1.54, 1.807) is 4.90 Å². The zero-order chi connectivity index (χ0) is 18.0. The average molecular weight is 345 g/mol. The molecule has 3 amide bonds. The first-order valence-electron chi connectivity index (χ1n) is 8.88. The smallest absolute Gasteiger partial charge is 0.332 e. The van der Waals surface area contributed by atoms with Gasteiger partial charge in [0, 0.05) is 23.0 Å². The topological polar surface area (TPSA) is 56.4 Å². The quantitative estimate of drug-likeness (QED) is 0.679. The fourth-order valence-corrected chi connectivity index (χ4v) is 4.29. The van der Waals surface area contributed by atoms with Crippen molar-refractivity contribution < 1.29 is 9.59 Å². The lowest BCUT2D eigenvalue weighted by atomic mass is 9.93. The van der Waals surface area contributed by atoms with Gasteiger partial charge < -0.3 is 9.88 Å². The van der Waals surface area contributed by atoms with Gasteiger partial charge in [-0.05, 0) is 37.6 Å². The molecule has 3 heterocycles. The van der Waals surface area contributed by atoms with E-state index in [1.807, 2.05) is 56.3 Å². The fourth-order valence-electron chi connectivity index (χ4n) is 4.29. The first-order chi connectivity index (χ1) is 12.6. The van der Waals surface area contributed by atoms with Gasteiger partial charge in [-0.15, -0.1) is 0 Å². The van der Waals surface area contributed by atoms with Crippen LogP contribution in [0.25, 0.3) is 10.9 Å². The van der Waals surface area contributed by atoms with Gasteiger partial charge in [0.1, 0.15) is 6.04 Å². The summed E-state index contributed by atoms with van der Waals surface area (Å²) in [5, 5.41) is 1.14. The third-order valence-electron chi connectivity index (χ3n) is 5.62. The van der Waals surface area contributed by atoms with Gasteiger partial charge in [-0.1, -0.05) is 35.9 Å². The number of aromatic nitrogens is 1. The normalized spacial score (nSPS) is 22.1. The van der Waals surface area contributed by atoms with E-state index in [-0.39, 0.29) is 18.0 Å². The van der Waals surface area contributed by atoms with E-state index in [2.05, 4.69) is 11.1 Å². The number of nitrogens with one attached hydrogen (secondary N) is 1. The molecule has 0 bridgehead atoms. The second-order valence-corrected chi connectivity index (χ2v) is 7.16. The molecule has 26 heavy (non-hydrogen) atoms. The number of carbonyl (C=O) groups excluding carboxylic acids is 2. The standard InChI is InChI=1S/C21H19N3O2/c1-12-7-9-14(10-8-12)24-20(25)18-11-16-15-5-3-4-6-17(15)22-19(16)13(2)23(18)21(24)26/h3-10,13,18,22H,11H2,1-2H3. The van der Waals surface area contributed by atoms with Crippen LogP contribution in [0.4, 0.5) is 10.5 Å². The number of para-hydroxylation sites is 1. The molecular weight excluding hydrogens is 326 g/mol. The molecule has 1 aromatic heterocycles. The Labute approximate surface area is 151 Å². The fraction of sp³-hybridized carbons (Fsp3) is 0.238. The molecule has 2 atom stereocenters. The monoisotopic (exact) mass is 345 g/mol. The molecule has 2 aromatic carbocycles. The summed E-state index contributed by atoms with van der Waals surface area (Å²) in [4.78, 5) is 32.7.